The number of halogens is 1. The van der Waals surface area contributed by atoms with E-state index in [0.29, 0.717) is 23.7 Å². The fraction of sp³-hybridized carbons (Fsp3) is 0.571. The van der Waals surface area contributed by atoms with Crippen molar-refractivity contribution in [2.45, 2.75) is 17.5 Å². The highest BCUT2D eigenvalue weighted by molar-refractivity contribution is 7.90. The van der Waals surface area contributed by atoms with E-state index in [0.717, 1.165) is 19.7 Å². The predicted octanol–water partition coefficient (Wildman–Crippen LogP) is 1.16. The lowest BCUT2D eigenvalue weighted by atomic mass is 10.2. The Hall–Kier alpha value is -0.660. The van der Waals surface area contributed by atoms with Gasteiger partial charge in [-0.3, -0.25) is 0 Å². The van der Waals surface area contributed by atoms with E-state index in [4.69, 9.17) is 16.3 Å². The summed E-state index contributed by atoms with van der Waals surface area (Å²) in [5.41, 5.74) is 0.617. The summed E-state index contributed by atoms with van der Waals surface area (Å²) in [6.07, 6.45) is 1.31. The van der Waals surface area contributed by atoms with Crippen LogP contribution in [0.1, 0.15) is 5.56 Å². The molecule has 1 fully saturated rings. The zero-order valence-corrected chi connectivity index (χ0v) is 13.9. The molecule has 1 aliphatic heterocycles. The monoisotopic (exact) mass is 332 g/mol. The first-order valence-corrected chi connectivity index (χ1v) is 9.13. The van der Waals surface area contributed by atoms with Gasteiger partial charge in [-0.05, 0) is 19.2 Å². The Morgan fingerprint density at radius 3 is 2.90 bits per heavy atom. The minimum Gasteiger partial charge on any atom is -0.374 e. The summed E-state index contributed by atoms with van der Waals surface area (Å²) in [6, 6.07) is 4.95. The average molecular weight is 333 g/mol. The van der Waals surface area contributed by atoms with Gasteiger partial charge in [-0.1, -0.05) is 17.7 Å². The molecule has 1 saturated heterocycles. The number of hydrogen-bond donors (Lipinski definition) is 1. The average Bonchev–Trinajstić information content (AvgIpc) is 2.39. The van der Waals surface area contributed by atoms with E-state index in [2.05, 4.69) is 17.3 Å². The summed E-state index contributed by atoms with van der Waals surface area (Å²) in [7, 11) is -1.22. The fourth-order valence-electron chi connectivity index (χ4n) is 2.41. The largest absolute Gasteiger partial charge is 0.374 e. The van der Waals surface area contributed by atoms with Crippen molar-refractivity contribution in [1.82, 2.24) is 10.2 Å². The van der Waals surface area contributed by atoms with E-state index in [-0.39, 0.29) is 11.0 Å². The van der Waals surface area contributed by atoms with Crippen LogP contribution in [0.4, 0.5) is 0 Å². The van der Waals surface area contributed by atoms with Crippen LogP contribution in [-0.4, -0.2) is 59.0 Å². The van der Waals surface area contributed by atoms with Gasteiger partial charge in [-0.25, -0.2) is 8.42 Å². The van der Waals surface area contributed by atoms with Gasteiger partial charge in [0.2, 0.25) is 0 Å². The van der Waals surface area contributed by atoms with Crippen LogP contribution in [0.5, 0.6) is 0 Å². The molecule has 2 rings (SSSR count). The molecule has 1 atom stereocenters. The van der Waals surface area contributed by atoms with Gasteiger partial charge >= 0.3 is 0 Å². The molecular formula is C14H21ClN2O3S. The third-order valence-corrected chi connectivity index (χ3v) is 5.03. The van der Waals surface area contributed by atoms with Crippen molar-refractivity contribution in [3.05, 3.63) is 28.8 Å². The second kappa shape index (κ2) is 7.07. The third kappa shape index (κ3) is 4.66. The molecule has 0 spiro atoms. The van der Waals surface area contributed by atoms with E-state index < -0.39 is 9.84 Å². The van der Waals surface area contributed by atoms with E-state index in [9.17, 15) is 8.42 Å². The summed E-state index contributed by atoms with van der Waals surface area (Å²) in [4.78, 5) is 2.50. The van der Waals surface area contributed by atoms with Gasteiger partial charge in [0.1, 0.15) is 0 Å². The Labute approximate surface area is 131 Å². The summed E-state index contributed by atoms with van der Waals surface area (Å²) in [5, 5.41) is 3.71. The van der Waals surface area contributed by atoms with Crippen molar-refractivity contribution >= 4 is 21.4 Å². The van der Waals surface area contributed by atoms with Crippen LogP contribution in [0.3, 0.4) is 0 Å². The number of hydrogen-bond acceptors (Lipinski definition) is 5. The topological polar surface area (TPSA) is 58.6 Å². The van der Waals surface area contributed by atoms with Crippen LogP contribution in [-0.2, 0) is 21.1 Å². The highest BCUT2D eigenvalue weighted by Crippen LogP contribution is 2.23. The predicted molar refractivity (Wildman–Crippen MR) is 83.5 cm³/mol. The van der Waals surface area contributed by atoms with Gasteiger partial charge in [0, 0.05) is 43.0 Å². The molecule has 1 heterocycles. The summed E-state index contributed by atoms with van der Waals surface area (Å²) in [6.45, 7) is 3.61. The van der Waals surface area contributed by atoms with Gasteiger partial charge in [0.25, 0.3) is 0 Å². The van der Waals surface area contributed by atoms with Crippen LogP contribution in [0, 0.1) is 0 Å². The Balaban J connectivity index is 2.00. The van der Waals surface area contributed by atoms with Crippen LogP contribution in [0.25, 0.3) is 0 Å². The summed E-state index contributed by atoms with van der Waals surface area (Å²) in [5.74, 6) is 0. The SMILES string of the molecule is CN1CCOC(CNCc2c(Cl)cccc2S(C)(=O)=O)C1. The zero-order chi connectivity index (χ0) is 15.5. The number of sulfone groups is 1. The molecule has 1 aromatic carbocycles. The Morgan fingerprint density at radius 2 is 2.24 bits per heavy atom. The van der Waals surface area contributed by atoms with Gasteiger partial charge < -0.3 is 15.0 Å². The number of likely N-dealkylation sites (N-methyl/N-ethyl adjacent to an activating group) is 1. The lowest BCUT2D eigenvalue weighted by Gasteiger charge is -2.30. The van der Waals surface area contributed by atoms with E-state index >= 15 is 0 Å². The molecule has 1 unspecified atom stereocenters. The normalized spacial score (nSPS) is 20.6. The highest BCUT2D eigenvalue weighted by atomic mass is 35.5. The standard InChI is InChI=1S/C14H21ClN2O3S/c1-17-6-7-20-11(10-17)8-16-9-12-13(15)4-3-5-14(12)21(2,18)19/h3-5,11,16H,6-10H2,1-2H3. The Bertz CT molecular complexity index is 592. The molecule has 1 aromatic rings. The maximum atomic E-state index is 11.8. The minimum absolute atomic E-state index is 0.118. The van der Waals surface area contributed by atoms with Crippen molar-refractivity contribution < 1.29 is 13.2 Å². The highest BCUT2D eigenvalue weighted by Gasteiger charge is 2.19. The summed E-state index contributed by atoms with van der Waals surface area (Å²) >= 11 is 6.14. The lowest BCUT2D eigenvalue weighted by Crippen LogP contribution is -2.44. The first kappa shape index (κ1) is 16.7. The number of benzene rings is 1. The van der Waals surface area contributed by atoms with Crippen LogP contribution >= 0.6 is 11.6 Å². The molecule has 0 saturated carbocycles. The molecule has 0 aliphatic carbocycles. The van der Waals surface area contributed by atoms with E-state index in [1.54, 1.807) is 18.2 Å². The van der Waals surface area contributed by atoms with Gasteiger partial charge in [0.15, 0.2) is 9.84 Å². The Kier molecular flexibility index (Phi) is 5.62. The number of nitrogens with zero attached hydrogens (tertiary/aromatic N) is 1. The number of ether oxygens (including phenoxy) is 1. The fourth-order valence-corrected chi connectivity index (χ4v) is 3.66. The first-order chi connectivity index (χ1) is 9.88. The Morgan fingerprint density at radius 1 is 1.48 bits per heavy atom. The molecule has 0 bridgehead atoms. The number of rotatable bonds is 5. The molecule has 118 valence electrons. The quantitative estimate of drug-likeness (QED) is 0.877. The van der Waals surface area contributed by atoms with Crippen LogP contribution in [0.15, 0.2) is 23.1 Å². The van der Waals surface area contributed by atoms with Crippen molar-refractivity contribution in [2.75, 3.05) is 39.5 Å². The molecule has 0 radical (unpaired) electrons. The van der Waals surface area contributed by atoms with Crippen LogP contribution < -0.4 is 5.32 Å². The molecule has 5 nitrogen and oxygen atoms in total. The molecule has 0 aromatic heterocycles. The lowest BCUT2D eigenvalue weighted by molar-refractivity contribution is -0.0182. The molecule has 7 heteroatoms. The van der Waals surface area contributed by atoms with Gasteiger partial charge in [-0.2, -0.15) is 0 Å². The maximum Gasteiger partial charge on any atom is 0.175 e. The van der Waals surface area contributed by atoms with Crippen molar-refractivity contribution in [3.8, 4) is 0 Å². The molecule has 0 amide bonds. The molecule has 1 N–H and O–H groups in total. The van der Waals surface area contributed by atoms with Crippen molar-refractivity contribution in [3.63, 3.8) is 0 Å². The first-order valence-electron chi connectivity index (χ1n) is 6.86. The van der Waals surface area contributed by atoms with Gasteiger partial charge in [-0.15, -0.1) is 0 Å². The number of morpholine rings is 1. The molecule has 1 aliphatic rings. The van der Waals surface area contributed by atoms with E-state index in [1.165, 1.54) is 6.26 Å². The minimum atomic E-state index is -3.28. The van der Waals surface area contributed by atoms with E-state index in [1.807, 2.05) is 0 Å². The molecular weight excluding hydrogens is 312 g/mol. The van der Waals surface area contributed by atoms with Crippen molar-refractivity contribution in [2.24, 2.45) is 0 Å². The summed E-state index contributed by atoms with van der Waals surface area (Å²) < 4.78 is 29.3. The zero-order valence-electron chi connectivity index (χ0n) is 12.3. The second-order valence-electron chi connectivity index (χ2n) is 5.37. The third-order valence-electron chi connectivity index (χ3n) is 3.49. The van der Waals surface area contributed by atoms with Gasteiger partial charge in [0.05, 0.1) is 17.6 Å². The number of nitrogens with one attached hydrogen (secondary N) is 1. The maximum absolute atomic E-state index is 11.8. The van der Waals surface area contributed by atoms with Crippen LogP contribution in [0.2, 0.25) is 5.02 Å². The smallest absolute Gasteiger partial charge is 0.175 e. The second-order valence-corrected chi connectivity index (χ2v) is 7.77. The molecule has 21 heavy (non-hydrogen) atoms. The van der Waals surface area contributed by atoms with Crippen molar-refractivity contribution in [1.29, 1.82) is 0 Å².